The van der Waals surface area contributed by atoms with Gasteiger partial charge in [-0.2, -0.15) is 0 Å². The molecule has 1 aromatic carbocycles. The van der Waals surface area contributed by atoms with Crippen LogP contribution in [0.3, 0.4) is 0 Å². The van der Waals surface area contributed by atoms with Crippen molar-refractivity contribution in [2.75, 3.05) is 34.3 Å². The molecular formula is C16H27N3OS. The quantitative estimate of drug-likeness (QED) is 0.756. The van der Waals surface area contributed by atoms with Crippen LogP contribution in [0.2, 0.25) is 0 Å². The van der Waals surface area contributed by atoms with E-state index in [-0.39, 0.29) is 5.41 Å². The van der Waals surface area contributed by atoms with Gasteiger partial charge in [-0.1, -0.05) is 26.0 Å². The predicted octanol–water partition coefficient (Wildman–Crippen LogP) is 2.25. The Hall–Kier alpha value is -1.33. The van der Waals surface area contributed by atoms with Crippen LogP contribution in [-0.4, -0.2) is 44.3 Å². The summed E-state index contributed by atoms with van der Waals surface area (Å²) in [5.41, 5.74) is 1.35. The molecule has 0 saturated carbocycles. The molecule has 0 aliphatic rings. The number of benzene rings is 1. The van der Waals surface area contributed by atoms with E-state index in [4.69, 9.17) is 17.0 Å². The number of nitrogens with one attached hydrogen (secondary N) is 2. The summed E-state index contributed by atoms with van der Waals surface area (Å²) in [6, 6.07) is 7.97. The molecule has 4 nitrogen and oxygen atoms in total. The van der Waals surface area contributed by atoms with Crippen LogP contribution in [0.15, 0.2) is 24.3 Å². The highest BCUT2D eigenvalue weighted by Gasteiger charge is 2.18. The Morgan fingerprint density at radius 3 is 2.33 bits per heavy atom. The smallest absolute Gasteiger partial charge is 0.166 e. The molecule has 0 aromatic heterocycles. The molecule has 0 bridgehead atoms. The van der Waals surface area contributed by atoms with Crippen molar-refractivity contribution in [3.63, 3.8) is 0 Å². The van der Waals surface area contributed by atoms with Gasteiger partial charge in [0.05, 0.1) is 7.11 Å². The molecule has 21 heavy (non-hydrogen) atoms. The van der Waals surface area contributed by atoms with Gasteiger partial charge in [0.15, 0.2) is 5.11 Å². The fourth-order valence-electron chi connectivity index (χ4n) is 2.22. The van der Waals surface area contributed by atoms with Crippen LogP contribution in [0.1, 0.15) is 19.4 Å². The number of hydrogen-bond donors (Lipinski definition) is 2. The van der Waals surface area contributed by atoms with Crippen LogP contribution >= 0.6 is 12.2 Å². The zero-order chi connectivity index (χ0) is 15.9. The third-order valence-electron chi connectivity index (χ3n) is 3.08. The van der Waals surface area contributed by atoms with Gasteiger partial charge >= 0.3 is 0 Å². The zero-order valence-corrected chi connectivity index (χ0v) is 14.5. The van der Waals surface area contributed by atoms with Crippen molar-refractivity contribution in [1.82, 2.24) is 15.5 Å². The van der Waals surface area contributed by atoms with Gasteiger partial charge in [0.1, 0.15) is 5.75 Å². The molecular weight excluding hydrogens is 282 g/mol. The van der Waals surface area contributed by atoms with Gasteiger partial charge < -0.3 is 20.3 Å². The Labute approximate surface area is 133 Å². The van der Waals surface area contributed by atoms with E-state index >= 15 is 0 Å². The lowest BCUT2D eigenvalue weighted by molar-refractivity contribution is 0.241. The monoisotopic (exact) mass is 309 g/mol. The van der Waals surface area contributed by atoms with Crippen molar-refractivity contribution in [2.45, 2.75) is 20.4 Å². The minimum Gasteiger partial charge on any atom is -0.497 e. The van der Waals surface area contributed by atoms with Crippen LogP contribution in [0.5, 0.6) is 5.75 Å². The lowest BCUT2D eigenvalue weighted by atomic mass is 9.93. The molecule has 0 aliphatic carbocycles. The molecule has 1 aromatic rings. The van der Waals surface area contributed by atoms with E-state index in [0.717, 1.165) is 18.8 Å². The Morgan fingerprint density at radius 1 is 1.19 bits per heavy atom. The molecule has 0 amide bonds. The van der Waals surface area contributed by atoms with Crippen LogP contribution in [0.4, 0.5) is 0 Å². The summed E-state index contributed by atoms with van der Waals surface area (Å²) in [6.07, 6.45) is 0. The standard InChI is InChI=1S/C16H27N3OS/c1-16(2,12-19(3)4)11-18-15(21)17-10-13-6-8-14(20-5)9-7-13/h6-9H,10-12H2,1-5H3,(H2,17,18,21). The number of rotatable bonds is 7. The number of ether oxygens (including phenoxy) is 1. The molecule has 0 saturated heterocycles. The number of hydrogen-bond acceptors (Lipinski definition) is 3. The first-order chi connectivity index (χ1) is 9.82. The Bertz CT molecular complexity index is 443. The maximum Gasteiger partial charge on any atom is 0.166 e. The summed E-state index contributed by atoms with van der Waals surface area (Å²) < 4.78 is 5.14. The summed E-state index contributed by atoms with van der Waals surface area (Å²) in [6.45, 7) is 7.03. The van der Waals surface area contributed by atoms with Crippen molar-refractivity contribution in [1.29, 1.82) is 0 Å². The average molecular weight is 309 g/mol. The number of methoxy groups -OCH3 is 1. The summed E-state index contributed by atoms with van der Waals surface area (Å²) >= 11 is 5.32. The van der Waals surface area contributed by atoms with E-state index < -0.39 is 0 Å². The SMILES string of the molecule is COc1ccc(CNC(=S)NCC(C)(C)CN(C)C)cc1. The lowest BCUT2D eigenvalue weighted by Gasteiger charge is -2.29. The topological polar surface area (TPSA) is 36.5 Å². The summed E-state index contributed by atoms with van der Waals surface area (Å²) in [7, 11) is 5.84. The van der Waals surface area contributed by atoms with Crippen molar-refractivity contribution in [3.05, 3.63) is 29.8 Å². The maximum atomic E-state index is 5.32. The van der Waals surface area contributed by atoms with Crippen LogP contribution in [-0.2, 0) is 6.54 Å². The molecule has 0 radical (unpaired) electrons. The van der Waals surface area contributed by atoms with Crippen LogP contribution in [0.25, 0.3) is 0 Å². The predicted molar refractivity (Wildman–Crippen MR) is 92.8 cm³/mol. The van der Waals surface area contributed by atoms with Crippen molar-refractivity contribution in [2.24, 2.45) is 5.41 Å². The van der Waals surface area contributed by atoms with Crippen molar-refractivity contribution < 1.29 is 4.74 Å². The molecule has 0 heterocycles. The molecule has 2 N–H and O–H groups in total. The van der Waals surface area contributed by atoms with Crippen LogP contribution < -0.4 is 15.4 Å². The van der Waals surface area contributed by atoms with Gasteiger partial charge in [-0.05, 0) is 49.4 Å². The van der Waals surface area contributed by atoms with Gasteiger partial charge in [0, 0.05) is 19.6 Å². The molecule has 0 spiro atoms. The van der Waals surface area contributed by atoms with Crippen molar-refractivity contribution >= 4 is 17.3 Å². The van der Waals surface area contributed by atoms with Gasteiger partial charge in [0.25, 0.3) is 0 Å². The van der Waals surface area contributed by atoms with E-state index in [1.165, 1.54) is 5.56 Å². The van der Waals surface area contributed by atoms with Gasteiger partial charge in [-0.15, -0.1) is 0 Å². The van der Waals surface area contributed by atoms with Gasteiger partial charge in [0.2, 0.25) is 0 Å². The van der Waals surface area contributed by atoms with E-state index in [9.17, 15) is 0 Å². The minimum absolute atomic E-state index is 0.176. The van der Waals surface area contributed by atoms with Gasteiger partial charge in [-0.25, -0.2) is 0 Å². The largest absolute Gasteiger partial charge is 0.497 e. The number of nitrogens with zero attached hydrogens (tertiary/aromatic N) is 1. The fourth-order valence-corrected chi connectivity index (χ4v) is 2.36. The molecule has 118 valence electrons. The van der Waals surface area contributed by atoms with E-state index in [2.05, 4.69) is 43.5 Å². The summed E-state index contributed by atoms with van der Waals surface area (Å²) in [5.74, 6) is 0.866. The third-order valence-corrected chi connectivity index (χ3v) is 3.37. The zero-order valence-electron chi connectivity index (χ0n) is 13.7. The Kier molecular flexibility index (Phi) is 6.92. The first kappa shape index (κ1) is 17.7. The molecule has 1 rings (SSSR count). The highest BCUT2D eigenvalue weighted by molar-refractivity contribution is 7.80. The average Bonchev–Trinajstić information content (AvgIpc) is 2.42. The highest BCUT2D eigenvalue weighted by atomic mass is 32.1. The molecule has 5 heteroatoms. The normalized spacial score (nSPS) is 11.3. The van der Waals surface area contributed by atoms with E-state index in [0.29, 0.717) is 11.7 Å². The van der Waals surface area contributed by atoms with E-state index in [1.807, 2.05) is 24.3 Å². The molecule has 0 fully saturated rings. The summed E-state index contributed by atoms with van der Waals surface area (Å²) in [4.78, 5) is 2.19. The maximum absolute atomic E-state index is 5.32. The summed E-state index contributed by atoms with van der Waals surface area (Å²) in [5, 5.41) is 7.21. The Morgan fingerprint density at radius 2 is 1.81 bits per heavy atom. The van der Waals surface area contributed by atoms with E-state index in [1.54, 1.807) is 7.11 Å². The molecule has 0 atom stereocenters. The van der Waals surface area contributed by atoms with Crippen LogP contribution in [0, 0.1) is 5.41 Å². The number of thiocarbonyl (C=S) groups is 1. The lowest BCUT2D eigenvalue weighted by Crippen LogP contribution is -2.43. The highest BCUT2D eigenvalue weighted by Crippen LogP contribution is 2.14. The van der Waals surface area contributed by atoms with Crippen molar-refractivity contribution in [3.8, 4) is 5.75 Å². The first-order valence-corrected chi connectivity index (χ1v) is 7.52. The fraction of sp³-hybridized carbons (Fsp3) is 0.562. The molecule has 0 unspecified atom stereocenters. The third kappa shape index (κ3) is 7.29. The Balaban J connectivity index is 2.33. The second-order valence-corrected chi connectivity index (χ2v) is 6.69. The second-order valence-electron chi connectivity index (χ2n) is 6.29. The molecule has 0 aliphatic heterocycles. The minimum atomic E-state index is 0.176. The first-order valence-electron chi connectivity index (χ1n) is 7.12. The second kappa shape index (κ2) is 8.20. The van der Waals surface area contributed by atoms with Gasteiger partial charge in [-0.3, -0.25) is 0 Å².